The second-order valence-corrected chi connectivity index (χ2v) is 14.3. The van der Waals surface area contributed by atoms with E-state index in [9.17, 15) is 37.2 Å². The van der Waals surface area contributed by atoms with Crippen molar-refractivity contribution >= 4 is 67.2 Å². The molecule has 0 radical (unpaired) electrons. The number of hydrogen-bond donors (Lipinski definition) is 4. The summed E-state index contributed by atoms with van der Waals surface area (Å²) in [5, 5.41) is 39.6. The first-order chi connectivity index (χ1) is 29.7. The zero-order valence-electron chi connectivity index (χ0n) is 32.0. The van der Waals surface area contributed by atoms with E-state index in [1.807, 2.05) is 106 Å². The topological polar surface area (TPSA) is 124 Å². The Hall–Kier alpha value is -8.00. The Balaban J connectivity index is 1.28. The smallest absolute Gasteiger partial charge is 0.416 e. The van der Waals surface area contributed by atoms with Gasteiger partial charge in [-0.1, -0.05) is 72.8 Å². The van der Waals surface area contributed by atoms with Gasteiger partial charge in [0.05, 0.1) is 55.7 Å². The number of nitrogens with one attached hydrogen (secondary N) is 4. The van der Waals surface area contributed by atoms with Crippen LogP contribution >= 0.6 is 0 Å². The molecule has 0 aliphatic heterocycles. The van der Waals surface area contributed by atoms with Crippen LogP contribution in [-0.4, -0.2) is 32.7 Å². The molecular formula is C48H30F6N6O2. The minimum absolute atomic E-state index is 0.0655. The average Bonchev–Trinajstić information content (AvgIpc) is 3.78. The lowest BCUT2D eigenvalue weighted by molar-refractivity contribution is -0.138. The summed E-state index contributed by atoms with van der Waals surface area (Å²) in [6, 6.07) is 41.5. The van der Waals surface area contributed by atoms with E-state index in [1.54, 1.807) is 12.1 Å². The van der Waals surface area contributed by atoms with E-state index in [0.717, 1.165) is 92.1 Å². The number of aromatic nitrogens is 2. The van der Waals surface area contributed by atoms with Crippen LogP contribution in [0.2, 0.25) is 0 Å². The van der Waals surface area contributed by atoms with Crippen LogP contribution in [0.1, 0.15) is 33.4 Å². The van der Waals surface area contributed by atoms with E-state index in [1.165, 1.54) is 0 Å². The molecule has 0 fully saturated rings. The fourth-order valence-corrected chi connectivity index (χ4v) is 7.73. The van der Waals surface area contributed by atoms with Crippen LogP contribution in [-0.2, 0) is 21.8 Å². The zero-order valence-corrected chi connectivity index (χ0v) is 32.0. The Morgan fingerprint density at radius 1 is 0.371 bits per heavy atom. The molecule has 0 saturated heterocycles. The molecule has 0 spiro atoms. The number of nitrogens with zero attached hydrogens (tertiary/aromatic N) is 2. The number of para-hydroxylation sites is 4. The van der Waals surface area contributed by atoms with Gasteiger partial charge in [0.2, 0.25) is 23.6 Å². The van der Waals surface area contributed by atoms with Gasteiger partial charge in [-0.2, -0.15) is 26.3 Å². The molecular weight excluding hydrogens is 807 g/mol. The standard InChI is InChI=1S/C48H30F6N6O2/c49-47(50,51)29-21-17-27(18-22-29)43(55)61-45(57)35-25-41(59-37-13-5-1-9-31(37)32-10-2-6-14-38(32)59)42(60-39-15-7-3-11-33(39)34-12-4-8-16-40(34)60)26-36(35)46(58)62-44(56)28-19-23-30(24-20-28)48(52,53)54/h1-26,55-58H. The van der Waals surface area contributed by atoms with Crippen LogP contribution in [0.25, 0.3) is 55.0 Å². The Kier molecular flexibility index (Phi) is 9.50. The first-order valence-corrected chi connectivity index (χ1v) is 18.9. The van der Waals surface area contributed by atoms with Crippen molar-refractivity contribution in [3.63, 3.8) is 0 Å². The van der Waals surface area contributed by atoms with Crippen LogP contribution in [0.15, 0.2) is 158 Å². The number of rotatable bonds is 6. The third-order valence-electron chi connectivity index (χ3n) is 10.6. The quantitative estimate of drug-likeness (QED) is 0.0757. The van der Waals surface area contributed by atoms with Gasteiger partial charge in [0.1, 0.15) is 0 Å². The van der Waals surface area contributed by atoms with Crippen molar-refractivity contribution in [2.24, 2.45) is 0 Å². The van der Waals surface area contributed by atoms with Crippen molar-refractivity contribution < 1.29 is 35.8 Å². The molecule has 62 heavy (non-hydrogen) atoms. The molecule has 306 valence electrons. The van der Waals surface area contributed by atoms with Gasteiger partial charge in [-0.15, -0.1) is 0 Å². The van der Waals surface area contributed by atoms with E-state index in [2.05, 4.69) is 0 Å². The van der Waals surface area contributed by atoms with Crippen molar-refractivity contribution in [2.75, 3.05) is 0 Å². The molecule has 0 saturated carbocycles. The largest absolute Gasteiger partial charge is 0.421 e. The maximum Gasteiger partial charge on any atom is 0.416 e. The maximum absolute atomic E-state index is 13.4. The molecule has 8 nitrogen and oxygen atoms in total. The number of alkyl halides is 6. The number of ether oxygens (including phenoxy) is 2. The Labute approximate surface area is 347 Å². The predicted molar refractivity (Wildman–Crippen MR) is 227 cm³/mol. The van der Waals surface area contributed by atoms with Crippen LogP contribution in [0, 0.1) is 21.6 Å². The van der Waals surface area contributed by atoms with E-state index in [-0.39, 0.29) is 22.3 Å². The van der Waals surface area contributed by atoms with Crippen molar-refractivity contribution in [1.82, 2.24) is 9.13 Å². The third kappa shape index (κ3) is 6.90. The molecule has 0 bridgehead atoms. The monoisotopic (exact) mass is 836 g/mol. The summed E-state index contributed by atoms with van der Waals surface area (Å²) >= 11 is 0. The van der Waals surface area contributed by atoms with Gasteiger partial charge in [0.15, 0.2) is 0 Å². The summed E-state index contributed by atoms with van der Waals surface area (Å²) in [5.41, 5.74) is 1.91. The molecule has 0 aliphatic rings. The normalized spacial score (nSPS) is 12.0. The molecule has 0 unspecified atom stereocenters. The first-order valence-electron chi connectivity index (χ1n) is 18.9. The lowest BCUT2D eigenvalue weighted by Crippen LogP contribution is -2.21. The third-order valence-corrected chi connectivity index (χ3v) is 10.6. The van der Waals surface area contributed by atoms with E-state index in [4.69, 9.17) is 20.3 Å². The molecule has 4 N–H and O–H groups in total. The number of hydrogen-bond acceptors (Lipinski definition) is 6. The van der Waals surface area contributed by atoms with Crippen molar-refractivity contribution in [2.45, 2.75) is 12.4 Å². The van der Waals surface area contributed by atoms with Gasteiger partial charge in [-0.3, -0.25) is 21.6 Å². The van der Waals surface area contributed by atoms with Crippen molar-refractivity contribution in [3.8, 4) is 11.4 Å². The summed E-state index contributed by atoms with van der Waals surface area (Å²) in [7, 11) is 0. The number of fused-ring (bicyclic) bond motifs is 6. The lowest BCUT2D eigenvalue weighted by atomic mass is 10.0. The van der Waals surface area contributed by atoms with Gasteiger partial charge in [0, 0.05) is 32.7 Å². The Bertz CT molecular complexity index is 2960. The van der Waals surface area contributed by atoms with Gasteiger partial charge in [-0.25, -0.2) is 0 Å². The van der Waals surface area contributed by atoms with E-state index >= 15 is 0 Å². The van der Waals surface area contributed by atoms with Crippen molar-refractivity contribution in [1.29, 1.82) is 21.6 Å². The second kappa shape index (κ2) is 14.9. The fraction of sp³-hybridized carbons (Fsp3) is 0.0417. The van der Waals surface area contributed by atoms with Gasteiger partial charge in [0.25, 0.3) is 0 Å². The highest BCUT2D eigenvalue weighted by atomic mass is 19.4. The highest BCUT2D eigenvalue weighted by molar-refractivity contribution is 6.16. The van der Waals surface area contributed by atoms with Crippen LogP contribution < -0.4 is 0 Å². The predicted octanol–water partition coefficient (Wildman–Crippen LogP) is 12.7. The molecule has 0 atom stereocenters. The summed E-state index contributed by atoms with van der Waals surface area (Å²) in [6.45, 7) is 0. The van der Waals surface area contributed by atoms with Crippen LogP contribution in [0.5, 0.6) is 0 Å². The van der Waals surface area contributed by atoms with Crippen LogP contribution in [0.4, 0.5) is 26.3 Å². The molecule has 7 aromatic carbocycles. The fourth-order valence-electron chi connectivity index (χ4n) is 7.73. The van der Waals surface area contributed by atoms with E-state index < -0.39 is 47.1 Å². The molecule has 9 rings (SSSR count). The second-order valence-electron chi connectivity index (χ2n) is 14.3. The summed E-state index contributed by atoms with van der Waals surface area (Å²) in [4.78, 5) is 0. The van der Waals surface area contributed by atoms with Gasteiger partial charge >= 0.3 is 12.4 Å². The SMILES string of the molecule is N=C(OC(=N)c1cc(-n2c3ccccc3c3ccccc32)c(-n2c3ccccc3c3ccccc32)cc1C(=N)OC(=N)c1ccc(C(F)(F)F)cc1)c1ccc(C(F)(F)F)cc1. The van der Waals surface area contributed by atoms with Gasteiger partial charge < -0.3 is 18.6 Å². The zero-order chi connectivity index (χ0) is 43.5. The molecule has 9 aromatic rings. The summed E-state index contributed by atoms with van der Waals surface area (Å²) < 4.78 is 95.8. The minimum atomic E-state index is -4.63. The number of benzene rings is 7. The molecule has 14 heteroatoms. The Morgan fingerprint density at radius 2 is 0.645 bits per heavy atom. The summed E-state index contributed by atoms with van der Waals surface area (Å²) in [6.07, 6.45) is -9.25. The molecule has 0 amide bonds. The maximum atomic E-state index is 13.4. The van der Waals surface area contributed by atoms with Crippen LogP contribution in [0.3, 0.4) is 0 Å². The van der Waals surface area contributed by atoms with Crippen molar-refractivity contribution in [3.05, 3.63) is 191 Å². The Morgan fingerprint density at radius 3 is 0.919 bits per heavy atom. The minimum Gasteiger partial charge on any atom is -0.421 e. The molecule has 2 aromatic heterocycles. The van der Waals surface area contributed by atoms with E-state index in [0.29, 0.717) is 11.4 Å². The number of halogens is 6. The average molecular weight is 837 g/mol. The molecule has 2 heterocycles. The molecule has 0 aliphatic carbocycles. The first kappa shape index (κ1) is 39.5. The lowest BCUT2D eigenvalue weighted by Gasteiger charge is -2.21. The highest BCUT2D eigenvalue weighted by Gasteiger charge is 2.32. The highest BCUT2D eigenvalue weighted by Crippen LogP contribution is 2.40. The summed E-state index contributed by atoms with van der Waals surface area (Å²) in [5.74, 6) is -2.70. The van der Waals surface area contributed by atoms with Gasteiger partial charge in [-0.05, 0) is 84.9 Å².